The molecule has 0 aliphatic carbocycles. The van der Waals surface area contributed by atoms with Crippen molar-refractivity contribution in [2.24, 2.45) is 0 Å². The van der Waals surface area contributed by atoms with Crippen molar-refractivity contribution in [2.75, 3.05) is 22.6 Å². The fraction of sp³-hybridized carbons (Fsp3) is 0.250. The van der Waals surface area contributed by atoms with E-state index in [-0.39, 0.29) is 22.4 Å². The van der Waals surface area contributed by atoms with Crippen LogP contribution >= 0.6 is 35.0 Å². The van der Waals surface area contributed by atoms with Crippen LogP contribution in [0.3, 0.4) is 0 Å². The van der Waals surface area contributed by atoms with E-state index in [0.717, 1.165) is 0 Å². The van der Waals surface area contributed by atoms with Gasteiger partial charge in [-0.1, -0.05) is 23.2 Å². The average Bonchev–Trinajstić information content (AvgIpc) is 2.66. The molecule has 6 nitrogen and oxygen atoms in total. The quantitative estimate of drug-likeness (QED) is 0.550. The van der Waals surface area contributed by atoms with Crippen molar-refractivity contribution in [1.29, 1.82) is 0 Å². The molecule has 0 fully saturated rings. The number of nitrogens with one attached hydrogen (secondary N) is 3. The number of rotatable bonds is 8. The van der Waals surface area contributed by atoms with Gasteiger partial charge in [-0.15, -0.1) is 0 Å². The highest BCUT2D eigenvalue weighted by atomic mass is 35.5. The Kier molecular flexibility index (Phi) is 8.82. The molecule has 2 rings (SSSR count). The van der Waals surface area contributed by atoms with Crippen molar-refractivity contribution in [3.8, 4) is 0 Å². The van der Waals surface area contributed by atoms with Gasteiger partial charge in [0.05, 0.1) is 10.6 Å². The van der Waals surface area contributed by atoms with Crippen molar-refractivity contribution in [3.63, 3.8) is 0 Å². The molecule has 0 aliphatic rings. The zero-order chi connectivity index (χ0) is 21.4. The second kappa shape index (κ2) is 11.1. The van der Waals surface area contributed by atoms with Gasteiger partial charge in [0.25, 0.3) is 5.91 Å². The zero-order valence-electron chi connectivity index (χ0n) is 15.9. The summed E-state index contributed by atoms with van der Waals surface area (Å²) in [6.07, 6.45) is 2.38. The molecule has 0 saturated carbocycles. The third-order valence-electron chi connectivity index (χ3n) is 3.88. The van der Waals surface area contributed by atoms with Crippen LogP contribution in [0, 0.1) is 0 Å². The van der Waals surface area contributed by atoms with Crippen LogP contribution in [0.5, 0.6) is 0 Å². The first kappa shape index (κ1) is 23.1. The summed E-state index contributed by atoms with van der Waals surface area (Å²) in [5, 5.41) is 8.81. The molecule has 154 valence electrons. The van der Waals surface area contributed by atoms with E-state index in [0.29, 0.717) is 28.6 Å². The maximum Gasteiger partial charge on any atom is 0.253 e. The van der Waals surface area contributed by atoms with Gasteiger partial charge in [0.1, 0.15) is 6.04 Å². The molecule has 1 atom stereocenters. The number of benzene rings is 2. The first-order chi connectivity index (χ1) is 13.8. The summed E-state index contributed by atoms with van der Waals surface area (Å²) in [5.41, 5.74) is 1.43. The first-order valence-electron chi connectivity index (χ1n) is 8.73. The molecule has 3 N–H and O–H groups in total. The Morgan fingerprint density at radius 1 is 1.00 bits per heavy atom. The number of carbonyl (C=O) groups excluding carboxylic acids is 3. The second-order valence-corrected chi connectivity index (χ2v) is 8.01. The van der Waals surface area contributed by atoms with Gasteiger partial charge in [0.15, 0.2) is 0 Å². The monoisotopic (exact) mass is 453 g/mol. The van der Waals surface area contributed by atoms with Gasteiger partial charge in [-0.05, 0) is 60.9 Å². The molecule has 0 spiro atoms. The Balaban J connectivity index is 2.08. The molecule has 1 unspecified atom stereocenters. The maximum absolute atomic E-state index is 12.7. The molecular formula is C20H21Cl2N3O3S. The molecular weight excluding hydrogens is 433 g/mol. The van der Waals surface area contributed by atoms with E-state index in [2.05, 4.69) is 16.0 Å². The number of amides is 3. The van der Waals surface area contributed by atoms with E-state index in [1.165, 1.54) is 19.1 Å². The number of anilines is 2. The van der Waals surface area contributed by atoms with Gasteiger partial charge in [-0.3, -0.25) is 14.4 Å². The number of carbonyl (C=O) groups is 3. The smallest absolute Gasteiger partial charge is 0.253 e. The van der Waals surface area contributed by atoms with Crippen molar-refractivity contribution < 1.29 is 14.4 Å². The molecule has 0 saturated heterocycles. The Morgan fingerprint density at radius 2 is 1.62 bits per heavy atom. The highest BCUT2D eigenvalue weighted by Crippen LogP contribution is 2.21. The molecule has 0 aromatic heterocycles. The molecule has 0 aliphatic heterocycles. The van der Waals surface area contributed by atoms with E-state index in [1.807, 2.05) is 6.26 Å². The summed E-state index contributed by atoms with van der Waals surface area (Å²) in [6.45, 7) is 1.42. The van der Waals surface area contributed by atoms with Crippen LogP contribution in [0.15, 0.2) is 42.5 Å². The van der Waals surface area contributed by atoms with Crippen LogP contribution in [0.2, 0.25) is 10.0 Å². The topological polar surface area (TPSA) is 87.3 Å². The summed E-state index contributed by atoms with van der Waals surface area (Å²) in [6, 6.07) is 10.5. The van der Waals surface area contributed by atoms with Gasteiger partial charge in [0.2, 0.25) is 11.8 Å². The lowest BCUT2D eigenvalue weighted by Gasteiger charge is -2.19. The minimum absolute atomic E-state index is 0.178. The molecule has 29 heavy (non-hydrogen) atoms. The normalized spacial score (nSPS) is 11.4. The molecule has 9 heteroatoms. The lowest BCUT2D eigenvalue weighted by atomic mass is 10.1. The Labute approximate surface area is 183 Å². The highest BCUT2D eigenvalue weighted by molar-refractivity contribution is 7.98. The fourth-order valence-electron chi connectivity index (χ4n) is 2.48. The lowest BCUT2D eigenvalue weighted by Crippen LogP contribution is -2.44. The van der Waals surface area contributed by atoms with Crippen molar-refractivity contribution in [3.05, 3.63) is 58.1 Å². The van der Waals surface area contributed by atoms with Crippen LogP contribution in [-0.2, 0) is 9.59 Å². The lowest BCUT2D eigenvalue weighted by molar-refractivity contribution is -0.118. The van der Waals surface area contributed by atoms with Crippen LogP contribution < -0.4 is 16.0 Å². The summed E-state index contributed by atoms with van der Waals surface area (Å²) in [5.74, 6) is -0.282. The number of halogens is 2. The van der Waals surface area contributed by atoms with Crippen LogP contribution in [0.25, 0.3) is 0 Å². The molecule has 0 radical (unpaired) electrons. The predicted molar refractivity (Wildman–Crippen MR) is 120 cm³/mol. The zero-order valence-corrected chi connectivity index (χ0v) is 18.3. The van der Waals surface area contributed by atoms with E-state index in [4.69, 9.17) is 23.2 Å². The van der Waals surface area contributed by atoms with Gasteiger partial charge in [0, 0.05) is 23.3 Å². The fourth-order valence-corrected chi connectivity index (χ4v) is 3.45. The van der Waals surface area contributed by atoms with Crippen molar-refractivity contribution in [2.45, 2.75) is 19.4 Å². The Morgan fingerprint density at radius 3 is 2.17 bits per heavy atom. The first-order valence-corrected chi connectivity index (χ1v) is 10.9. The summed E-state index contributed by atoms with van der Waals surface area (Å²) in [7, 11) is 0. The number of hydrogen-bond donors (Lipinski definition) is 3. The molecule has 2 aromatic carbocycles. The predicted octanol–water partition coefficient (Wildman–Crippen LogP) is 4.44. The van der Waals surface area contributed by atoms with E-state index >= 15 is 0 Å². The Hall–Kier alpha value is -2.22. The third-order valence-corrected chi connectivity index (χ3v) is 5.07. The summed E-state index contributed by atoms with van der Waals surface area (Å²) in [4.78, 5) is 36.4. The molecule has 0 heterocycles. The summed E-state index contributed by atoms with van der Waals surface area (Å²) >= 11 is 13.5. The maximum atomic E-state index is 12.7. The van der Waals surface area contributed by atoms with Gasteiger partial charge in [-0.2, -0.15) is 11.8 Å². The SMILES string of the molecule is CSCCC(NC(=O)c1ccc(Cl)cc1Cl)C(=O)Nc1ccc(NC(C)=O)cc1. The largest absolute Gasteiger partial charge is 0.340 e. The number of hydrogen-bond acceptors (Lipinski definition) is 4. The minimum atomic E-state index is -0.739. The standard InChI is InChI=1S/C20H21Cl2N3O3S/c1-12(26)23-14-4-6-15(7-5-14)24-20(28)18(9-10-29-2)25-19(27)16-8-3-13(21)11-17(16)22/h3-8,11,18H,9-10H2,1-2H3,(H,23,26)(H,24,28)(H,25,27). The minimum Gasteiger partial charge on any atom is -0.340 e. The van der Waals surface area contributed by atoms with Crippen molar-refractivity contribution >= 4 is 64.1 Å². The molecule has 2 aromatic rings. The van der Waals surface area contributed by atoms with E-state index in [9.17, 15) is 14.4 Å². The molecule has 3 amide bonds. The second-order valence-electron chi connectivity index (χ2n) is 6.18. The van der Waals surface area contributed by atoms with Gasteiger partial charge >= 0.3 is 0 Å². The Bertz CT molecular complexity index is 891. The highest BCUT2D eigenvalue weighted by Gasteiger charge is 2.22. The van der Waals surface area contributed by atoms with E-state index < -0.39 is 11.9 Å². The van der Waals surface area contributed by atoms with Crippen molar-refractivity contribution in [1.82, 2.24) is 5.32 Å². The van der Waals surface area contributed by atoms with Crippen LogP contribution in [-0.4, -0.2) is 35.8 Å². The van der Waals surface area contributed by atoms with E-state index in [1.54, 1.807) is 42.1 Å². The number of thioether (sulfide) groups is 1. The third kappa shape index (κ3) is 7.27. The van der Waals surface area contributed by atoms with Gasteiger partial charge in [-0.25, -0.2) is 0 Å². The van der Waals surface area contributed by atoms with Gasteiger partial charge < -0.3 is 16.0 Å². The van der Waals surface area contributed by atoms with Crippen LogP contribution in [0.1, 0.15) is 23.7 Å². The summed E-state index contributed by atoms with van der Waals surface area (Å²) < 4.78 is 0. The van der Waals surface area contributed by atoms with Crippen LogP contribution in [0.4, 0.5) is 11.4 Å². The average molecular weight is 454 g/mol. The molecule has 0 bridgehead atoms.